The first-order chi connectivity index (χ1) is 20.3. The van der Waals surface area contributed by atoms with E-state index in [9.17, 15) is 15.2 Å². The van der Waals surface area contributed by atoms with Crippen molar-refractivity contribution >= 4 is 17.0 Å². The molecule has 2 aliphatic carbocycles. The van der Waals surface area contributed by atoms with Gasteiger partial charge in [0.15, 0.2) is 5.78 Å². The number of hydrogen-bond acceptors (Lipinski definition) is 6. The molecule has 0 unspecified atom stereocenters. The molecule has 0 saturated carbocycles. The molecule has 2 aromatic rings. The minimum Gasteiger partial charge on any atom is -0.381 e. The van der Waals surface area contributed by atoms with Crippen LogP contribution in [0.4, 0.5) is 5.69 Å². The Morgan fingerprint density at radius 3 is 2.45 bits per heavy atom. The molecule has 0 bridgehead atoms. The molecule has 1 N–H and O–H groups in total. The van der Waals surface area contributed by atoms with E-state index < -0.39 is 5.60 Å². The van der Waals surface area contributed by atoms with Gasteiger partial charge in [-0.3, -0.25) is 4.79 Å². The average molecular weight is 562 g/mol. The maximum Gasteiger partial charge on any atom is 0.193 e. The highest BCUT2D eigenvalue weighted by molar-refractivity contribution is 6.33. The molecule has 3 fully saturated rings. The smallest absolute Gasteiger partial charge is 0.193 e. The molecular formula is C36H39N3O3. The van der Waals surface area contributed by atoms with E-state index in [0.29, 0.717) is 31.2 Å². The van der Waals surface area contributed by atoms with Crippen LogP contribution >= 0.6 is 0 Å². The number of carbonyl (C=O) groups excluding carboxylic acids is 1. The van der Waals surface area contributed by atoms with Gasteiger partial charge in [-0.05, 0) is 118 Å². The van der Waals surface area contributed by atoms with Gasteiger partial charge in [-0.1, -0.05) is 17.9 Å². The molecule has 6 heteroatoms. The number of anilines is 1. The van der Waals surface area contributed by atoms with E-state index >= 15 is 0 Å². The number of ether oxygens (including phenoxy) is 1. The van der Waals surface area contributed by atoms with Crippen LogP contribution < -0.4 is 4.90 Å². The van der Waals surface area contributed by atoms with E-state index in [-0.39, 0.29) is 11.2 Å². The summed E-state index contributed by atoms with van der Waals surface area (Å²) < 4.78 is 5.89. The molecule has 0 atom stereocenters. The van der Waals surface area contributed by atoms with Gasteiger partial charge in [-0.15, -0.1) is 0 Å². The molecule has 0 aromatic heterocycles. The first-order valence-corrected chi connectivity index (χ1v) is 15.6. The number of ketones is 1. The zero-order valence-electron chi connectivity index (χ0n) is 24.8. The monoisotopic (exact) mass is 561 g/mol. The van der Waals surface area contributed by atoms with Gasteiger partial charge < -0.3 is 19.6 Å². The number of Topliss-reactive ketones (excluding diaryl/α,β-unsaturated/α-hetero) is 1. The first kappa shape index (κ1) is 27.4. The average Bonchev–Trinajstić information content (AvgIpc) is 3.68. The molecule has 1 spiro atoms. The van der Waals surface area contributed by atoms with Gasteiger partial charge in [0.05, 0.1) is 17.3 Å². The predicted molar refractivity (Wildman–Crippen MR) is 164 cm³/mol. The summed E-state index contributed by atoms with van der Waals surface area (Å²) in [5, 5.41) is 20.0. The third-order valence-electron chi connectivity index (χ3n) is 10.2. The third kappa shape index (κ3) is 4.58. The van der Waals surface area contributed by atoms with Crippen molar-refractivity contribution in [2.24, 2.45) is 0 Å². The number of carbonyl (C=O) groups is 1. The fourth-order valence-corrected chi connectivity index (χ4v) is 8.08. The van der Waals surface area contributed by atoms with Gasteiger partial charge >= 0.3 is 0 Å². The second-order valence-corrected chi connectivity index (χ2v) is 13.2. The zero-order valence-corrected chi connectivity index (χ0v) is 24.8. The number of allylic oxidation sites excluding steroid dienone is 2. The van der Waals surface area contributed by atoms with Crippen LogP contribution in [0.25, 0.3) is 5.57 Å². The van der Waals surface area contributed by atoms with Crippen molar-refractivity contribution in [1.29, 1.82) is 5.26 Å². The number of fused-ring (bicyclic) bond motifs is 5. The van der Waals surface area contributed by atoms with E-state index in [2.05, 4.69) is 33.8 Å². The minimum absolute atomic E-state index is 0.0474. The van der Waals surface area contributed by atoms with Gasteiger partial charge in [-0.25, -0.2) is 0 Å². The molecule has 5 aliphatic rings. The number of rotatable bonds is 2. The number of likely N-dealkylation sites (tertiary alicyclic amines) is 1. The summed E-state index contributed by atoms with van der Waals surface area (Å²) in [6, 6.07) is 12.9. The Hall–Kier alpha value is -3.42. The molecule has 3 aliphatic heterocycles. The summed E-state index contributed by atoms with van der Waals surface area (Å²) in [7, 11) is 0. The topological polar surface area (TPSA) is 76.8 Å². The molecule has 42 heavy (non-hydrogen) atoms. The quantitative estimate of drug-likeness (QED) is 0.520. The van der Waals surface area contributed by atoms with Crippen LogP contribution in [0.5, 0.6) is 0 Å². The number of aliphatic hydroxyl groups is 1. The Morgan fingerprint density at radius 2 is 1.76 bits per heavy atom. The summed E-state index contributed by atoms with van der Waals surface area (Å²) >= 11 is 0. The maximum atomic E-state index is 14.4. The molecule has 3 heterocycles. The Bertz CT molecular complexity index is 1580. The van der Waals surface area contributed by atoms with Gasteiger partial charge in [0, 0.05) is 54.5 Å². The highest BCUT2D eigenvalue weighted by atomic mass is 16.5. The normalized spacial score (nSPS) is 22.0. The van der Waals surface area contributed by atoms with Crippen LogP contribution in [0.3, 0.4) is 0 Å². The number of nitriles is 1. The van der Waals surface area contributed by atoms with Crippen molar-refractivity contribution in [3.05, 3.63) is 69.3 Å². The Morgan fingerprint density at radius 1 is 1.02 bits per heavy atom. The SMILES string of the molecule is CC(C)(O)C#Cc1cc2c(cc1N1CCC(N3CCCC3)CC1)C1(CCOCC1)C1=C(C2=O)c2ccc(C#N)cc2C1. The second-order valence-electron chi connectivity index (χ2n) is 13.2. The van der Waals surface area contributed by atoms with Crippen molar-refractivity contribution in [2.75, 3.05) is 44.3 Å². The van der Waals surface area contributed by atoms with Crippen LogP contribution in [0, 0.1) is 23.2 Å². The summed E-state index contributed by atoms with van der Waals surface area (Å²) in [6.07, 6.45) is 7.22. The maximum absolute atomic E-state index is 14.4. The van der Waals surface area contributed by atoms with Crippen molar-refractivity contribution in [1.82, 2.24) is 4.90 Å². The lowest BCUT2D eigenvalue weighted by atomic mass is 9.62. The van der Waals surface area contributed by atoms with E-state index in [1.165, 1.54) is 31.5 Å². The number of hydrogen-bond donors (Lipinski definition) is 1. The van der Waals surface area contributed by atoms with Gasteiger partial charge in [0.2, 0.25) is 0 Å². The molecular weight excluding hydrogens is 522 g/mol. The number of piperidine rings is 1. The van der Waals surface area contributed by atoms with Crippen LogP contribution in [0.2, 0.25) is 0 Å². The minimum atomic E-state index is -1.14. The molecule has 6 nitrogen and oxygen atoms in total. The van der Waals surface area contributed by atoms with Crippen molar-refractivity contribution in [2.45, 2.75) is 75.9 Å². The lowest BCUT2D eigenvalue weighted by Gasteiger charge is -2.44. The van der Waals surface area contributed by atoms with E-state index in [1.54, 1.807) is 13.8 Å². The Kier molecular flexibility index (Phi) is 6.78. The lowest BCUT2D eigenvalue weighted by molar-refractivity contribution is 0.0603. The van der Waals surface area contributed by atoms with Crippen molar-refractivity contribution in [3.8, 4) is 17.9 Å². The molecule has 0 radical (unpaired) electrons. The lowest BCUT2D eigenvalue weighted by Crippen LogP contribution is -2.44. The zero-order chi connectivity index (χ0) is 29.1. The largest absolute Gasteiger partial charge is 0.381 e. The summed E-state index contributed by atoms with van der Waals surface area (Å²) in [5.41, 5.74) is 6.96. The fraction of sp³-hybridized carbons (Fsp3) is 0.500. The Balaban J connectivity index is 1.35. The van der Waals surface area contributed by atoms with Crippen LogP contribution in [-0.2, 0) is 16.6 Å². The summed E-state index contributed by atoms with van der Waals surface area (Å²) in [6.45, 7) is 9.05. The number of benzene rings is 2. The molecule has 0 amide bonds. The van der Waals surface area contributed by atoms with Crippen LogP contribution in [0.15, 0.2) is 35.9 Å². The molecule has 3 saturated heterocycles. The first-order valence-electron chi connectivity index (χ1n) is 15.6. The fourth-order valence-electron chi connectivity index (χ4n) is 8.08. The van der Waals surface area contributed by atoms with Gasteiger partial charge in [0.1, 0.15) is 5.60 Å². The molecule has 2 aromatic carbocycles. The highest BCUT2D eigenvalue weighted by Crippen LogP contribution is 2.55. The highest BCUT2D eigenvalue weighted by Gasteiger charge is 2.49. The van der Waals surface area contributed by atoms with E-state index in [4.69, 9.17) is 4.74 Å². The summed E-state index contributed by atoms with van der Waals surface area (Å²) in [4.78, 5) is 19.5. The molecule has 7 rings (SSSR count). The van der Waals surface area contributed by atoms with Crippen LogP contribution in [-0.4, -0.2) is 66.8 Å². The number of nitrogens with zero attached hydrogens (tertiary/aromatic N) is 3. The van der Waals surface area contributed by atoms with Gasteiger partial charge in [0.25, 0.3) is 0 Å². The van der Waals surface area contributed by atoms with E-state index in [0.717, 1.165) is 77.9 Å². The summed E-state index contributed by atoms with van der Waals surface area (Å²) in [5.74, 6) is 6.37. The standard InChI is InChI=1S/C36H39N3O3/c1-35(2,41)10-7-25-20-29-30(22-32(25)39-15-8-27(9-16-39)38-13-3-4-14-38)36(11-17-42-18-12-36)31-21-26-19-24(23-37)5-6-28(26)33(31)34(29)40/h5-6,19-20,22,27,41H,3-4,8-9,11-18,21H2,1-2H3. The van der Waals surface area contributed by atoms with Crippen molar-refractivity contribution < 1.29 is 14.6 Å². The molecule has 216 valence electrons. The van der Waals surface area contributed by atoms with E-state index in [1.807, 2.05) is 24.3 Å². The van der Waals surface area contributed by atoms with Crippen molar-refractivity contribution in [3.63, 3.8) is 0 Å². The Labute approximate surface area is 249 Å². The predicted octanol–water partition coefficient (Wildman–Crippen LogP) is 5.00. The van der Waals surface area contributed by atoms with Crippen LogP contribution in [0.1, 0.15) is 90.5 Å². The third-order valence-corrected chi connectivity index (χ3v) is 10.2. The second kappa shape index (κ2) is 10.4. The van der Waals surface area contributed by atoms with Gasteiger partial charge in [-0.2, -0.15) is 5.26 Å².